The van der Waals surface area contributed by atoms with E-state index < -0.39 is 0 Å². The minimum Gasteiger partial charge on any atom is -0.457 e. The smallest absolute Gasteiger partial charge is 0.136 e. The number of hydrogen-bond acceptors (Lipinski definition) is 4. The molecular formula is C45H34N2O2. The van der Waals surface area contributed by atoms with Gasteiger partial charge in [0.25, 0.3) is 0 Å². The fourth-order valence-electron chi connectivity index (χ4n) is 7.29. The second kappa shape index (κ2) is 12.1. The van der Waals surface area contributed by atoms with Crippen molar-refractivity contribution < 1.29 is 9.15 Å². The lowest BCUT2D eigenvalue weighted by molar-refractivity contribution is 0.483. The summed E-state index contributed by atoms with van der Waals surface area (Å²) in [6.07, 6.45) is 0.984. The molecule has 0 N–H and O–H groups in total. The molecule has 49 heavy (non-hydrogen) atoms. The number of hydrogen-bond donors (Lipinski definition) is 0. The summed E-state index contributed by atoms with van der Waals surface area (Å²) in [6.45, 7) is 0.992. The molecule has 0 fully saturated rings. The summed E-state index contributed by atoms with van der Waals surface area (Å²) >= 11 is 0. The number of likely N-dealkylation sites (N-methyl/N-ethyl adjacent to an activating group) is 1. The molecule has 4 nitrogen and oxygen atoms in total. The average Bonchev–Trinajstić information content (AvgIpc) is 3.73. The van der Waals surface area contributed by atoms with Crippen molar-refractivity contribution in [3.05, 3.63) is 169 Å². The van der Waals surface area contributed by atoms with Gasteiger partial charge in [0, 0.05) is 53.1 Å². The first-order valence-electron chi connectivity index (χ1n) is 16.8. The number of para-hydroxylation sites is 2. The lowest BCUT2D eigenvalue weighted by Crippen LogP contribution is -2.12. The van der Waals surface area contributed by atoms with Crippen LogP contribution in [0.2, 0.25) is 0 Å². The summed E-state index contributed by atoms with van der Waals surface area (Å²) in [5.74, 6) is 1.57. The standard InChI is InChI=1S/C45H34N2O2/c1-46-28-27-37-38(22-12-23-40(37)46)44-41(25-26-43-45(44)39-21-8-9-24-42(39)49-43)47(33-16-10-15-32(29-33)31-13-4-2-5-14-31)34-17-11-20-36(30-34)48-35-18-6-3-7-19-35/h2-26,29-30H,27-28H2,1H3. The van der Waals surface area contributed by atoms with E-state index in [0.717, 1.165) is 74.6 Å². The Morgan fingerprint density at radius 2 is 1.29 bits per heavy atom. The van der Waals surface area contributed by atoms with Crippen LogP contribution in [0.25, 0.3) is 44.2 Å². The molecule has 1 aliphatic heterocycles. The molecule has 0 amide bonds. The summed E-state index contributed by atoms with van der Waals surface area (Å²) in [5, 5.41) is 2.23. The molecule has 0 aliphatic carbocycles. The van der Waals surface area contributed by atoms with Gasteiger partial charge in [0.05, 0.1) is 5.69 Å². The van der Waals surface area contributed by atoms with E-state index in [0.29, 0.717) is 0 Å². The molecule has 0 saturated carbocycles. The highest BCUT2D eigenvalue weighted by Crippen LogP contribution is 2.50. The average molecular weight is 635 g/mol. The largest absolute Gasteiger partial charge is 0.457 e. The van der Waals surface area contributed by atoms with Crippen molar-refractivity contribution in [3.8, 4) is 33.8 Å². The summed E-state index contributed by atoms with van der Waals surface area (Å²) in [7, 11) is 2.18. The first kappa shape index (κ1) is 28.9. The summed E-state index contributed by atoms with van der Waals surface area (Å²) < 4.78 is 12.9. The van der Waals surface area contributed by atoms with Crippen LogP contribution >= 0.6 is 0 Å². The van der Waals surface area contributed by atoms with Crippen LogP contribution < -0.4 is 14.5 Å². The quantitative estimate of drug-likeness (QED) is 0.174. The minimum atomic E-state index is 0.770. The Morgan fingerprint density at radius 1 is 0.592 bits per heavy atom. The number of fused-ring (bicyclic) bond motifs is 4. The minimum absolute atomic E-state index is 0.770. The van der Waals surface area contributed by atoms with Crippen LogP contribution in [0.15, 0.2) is 168 Å². The number of anilines is 4. The Balaban J connectivity index is 1.33. The fourth-order valence-corrected chi connectivity index (χ4v) is 7.29. The van der Waals surface area contributed by atoms with Crippen LogP contribution in [0.5, 0.6) is 11.5 Å². The number of nitrogens with zero attached hydrogens (tertiary/aromatic N) is 2. The van der Waals surface area contributed by atoms with E-state index in [-0.39, 0.29) is 0 Å². The topological polar surface area (TPSA) is 28.9 Å². The monoisotopic (exact) mass is 634 g/mol. The third-order valence-corrected chi connectivity index (χ3v) is 9.56. The van der Waals surface area contributed by atoms with Crippen LogP contribution in [0.4, 0.5) is 22.7 Å². The highest BCUT2D eigenvalue weighted by molar-refractivity contribution is 6.17. The molecule has 1 aliphatic rings. The Bertz CT molecular complexity index is 2450. The first-order valence-corrected chi connectivity index (χ1v) is 16.8. The van der Waals surface area contributed by atoms with Crippen molar-refractivity contribution in [3.63, 3.8) is 0 Å². The number of furan rings is 1. The van der Waals surface area contributed by atoms with E-state index in [4.69, 9.17) is 9.15 Å². The van der Waals surface area contributed by atoms with Gasteiger partial charge in [-0.1, -0.05) is 97.1 Å². The van der Waals surface area contributed by atoms with Crippen molar-refractivity contribution >= 4 is 44.7 Å². The molecule has 9 rings (SSSR count). The van der Waals surface area contributed by atoms with Gasteiger partial charge in [-0.15, -0.1) is 0 Å². The molecule has 0 unspecified atom stereocenters. The molecule has 1 aromatic heterocycles. The maximum atomic E-state index is 6.51. The molecule has 0 bridgehead atoms. The maximum absolute atomic E-state index is 6.51. The Kier molecular flexibility index (Phi) is 7.13. The SMILES string of the molecule is CN1CCc2c(-c3c(N(c4cccc(Oc5ccccc5)c4)c4cccc(-c5ccccc5)c4)ccc4oc5ccccc5c34)cccc21. The van der Waals surface area contributed by atoms with Gasteiger partial charge >= 0.3 is 0 Å². The van der Waals surface area contributed by atoms with Crippen LogP contribution in [0, 0.1) is 0 Å². The van der Waals surface area contributed by atoms with Crippen LogP contribution in [0.1, 0.15) is 5.56 Å². The molecule has 4 heteroatoms. The van der Waals surface area contributed by atoms with Gasteiger partial charge in [-0.25, -0.2) is 0 Å². The van der Waals surface area contributed by atoms with Crippen molar-refractivity contribution in [2.24, 2.45) is 0 Å². The second-order valence-electron chi connectivity index (χ2n) is 12.6. The molecule has 0 saturated heterocycles. The van der Waals surface area contributed by atoms with Gasteiger partial charge in [0.1, 0.15) is 22.7 Å². The van der Waals surface area contributed by atoms with Gasteiger partial charge in [-0.05, 0) is 89.3 Å². The molecule has 8 aromatic rings. The zero-order chi connectivity index (χ0) is 32.7. The molecular weight excluding hydrogens is 601 g/mol. The van der Waals surface area contributed by atoms with Gasteiger partial charge in [-0.3, -0.25) is 0 Å². The van der Waals surface area contributed by atoms with Crippen molar-refractivity contribution in [2.75, 3.05) is 23.4 Å². The predicted octanol–water partition coefficient (Wildman–Crippen LogP) is 12.2. The van der Waals surface area contributed by atoms with E-state index in [1.807, 2.05) is 42.5 Å². The number of benzene rings is 7. The van der Waals surface area contributed by atoms with Gasteiger partial charge < -0.3 is 19.0 Å². The van der Waals surface area contributed by atoms with Gasteiger partial charge in [0.15, 0.2) is 0 Å². The molecule has 7 aromatic carbocycles. The zero-order valence-electron chi connectivity index (χ0n) is 27.2. The van der Waals surface area contributed by atoms with Crippen LogP contribution in [-0.2, 0) is 6.42 Å². The maximum Gasteiger partial charge on any atom is 0.136 e. The lowest BCUT2D eigenvalue weighted by atomic mass is 9.91. The molecule has 0 atom stereocenters. The fraction of sp³-hybridized carbons (Fsp3) is 0.0667. The second-order valence-corrected chi connectivity index (χ2v) is 12.6. The first-order chi connectivity index (χ1) is 24.2. The predicted molar refractivity (Wildman–Crippen MR) is 203 cm³/mol. The van der Waals surface area contributed by atoms with E-state index in [1.165, 1.54) is 22.4 Å². The summed E-state index contributed by atoms with van der Waals surface area (Å²) in [4.78, 5) is 4.73. The third-order valence-electron chi connectivity index (χ3n) is 9.56. The normalized spacial score (nSPS) is 12.4. The van der Waals surface area contributed by atoms with Crippen LogP contribution in [0.3, 0.4) is 0 Å². The van der Waals surface area contributed by atoms with E-state index in [9.17, 15) is 0 Å². The Hall–Kier alpha value is -6.26. The molecule has 2 heterocycles. The molecule has 0 radical (unpaired) electrons. The van der Waals surface area contributed by atoms with Crippen molar-refractivity contribution in [2.45, 2.75) is 6.42 Å². The van der Waals surface area contributed by atoms with Crippen LogP contribution in [-0.4, -0.2) is 13.6 Å². The number of ether oxygens (including phenoxy) is 1. The summed E-state index contributed by atoms with van der Waals surface area (Å²) in [5.41, 5.74) is 12.2. The number of rotatable bonds is 7. The van der Waals surface area contributed by atoms with E-state index in [1.54, 1.807) is 0 Å². The third kappa shape index (κ3) is 5.19. The lowest BCUT2D eigenvalue weighted by Gasteiger charge is -2.29. The Morgan fingerprint density at radius 3 is 2.14 bits per heavy atom. The highest BCUT2D eigenvalue weighted by Gasteiger charge is 2.27. The van der Waals surface area contributed by atoms with E-state index in [2.05, 4.69) is 138 Å². The van der Waals surface area contributed by atoms with Crippen molar-refractivity contribution in [1.82, 2.24) is 0 Å². The van der Waals surface area contributed by atoms with Gasteiger partial charge in [-0.2, -0.15) is 0 Å². The zero-order valence-corrected chi connectivity index (χ0v) is 27.2. The molecule has 236 valence electrons. The summed E-state index contributed by atoms with van der Waals surface area (Å²) in [6, 6.07) is 57.2. The molecule has 0 spiro atoms. The van der Waals surface area contributed by atoms with E-state index >= 15 is 0 Å². The van der Waals surface area contributed by atoms with Gasteiger partial charge in [0.2, 0.25) is 0 Å². The Labute approximate surface area is 286 Å². The van der Waals surface area contributed by atoms with Crippen molar-refractivity contribution in [1.29, 1.82) is 0 Å². The highest BCUT2D eigenvalue weighted by atomic mass is 16.5.